The van der Waals surface area contributed by atoms with Crippen molar-refractivity contribution in [3.63, 3.8) is 0 Å². The van der Waals surface area contributed by atoms with Crippen LogP contribution in [0, 0.1) is 0 Å². The first-order valence-corrected chi connectivity index (χ1v) is 25.3. The first kappa shape index (κ1) is 58.3. The van der Waals surface area contributed by atoms with Gasteiger partial charge in [-0.3, -0.25) is 9.59 Å². The fraction of sp³-hybridized carbons (Fsp3) is 0.940. The summed E-state index contributed by atoms with van der Waals surface area (Å²) in [6.45, 7) is 12.2. The molecule has 0 spiro atoms. The van der Waals surface area contributed by atoms with Gasteiger partial charge >= 0.3 is 12.1 Å². The van der Waals surface area contributed by atoms with E-state index < -0.39 is 12.1 Å². The van der Waals surface area contributed by atoms with Crippen molar-refractivity contribution in [1.82, 2.24) is 10.6 Å². The summed E-state index contributed by atoms with van der Waals surface area (Å²) in [5, 5.41) is 5.24. The summed E-state index contributed by atoms with van der Waals surface area (Å²) in [6, 6.07) is -0.569. The summed E-state index contributed by atoms with van der Waals surface area (Å²) < 4.78 is 16.1. The standard InChI is InChI=1S/C32H62N2O6.C18H38/c1-4-6-8-9-10-11-12-13-14-15-16-17-18-19-20-23-31(36)39-26-30(34-28-35)27-40-32(37)33-24-21-22-29(3)38-25-7-5-2;1-3-5-7-9-11-13-15-17-18-16-14-12-10-8-6-4-2/h28-30H,4-27H2,1-3H3,(H,33,37)(H,34,35);3-18H2,1-2H3. The van der Waals surface area contributed by atoms with Gasteiger partial charge in [0.15, 0.2) is 0 Å². The minimum absolute atomic E-state index is 0.0177. The molecule has 0 saturated heterocycles. The van der Waals surface area contributed by atoms with Crippen LogP contribution in [0.25, 0.3) is 0 Å². The van der Waals surface area contributed by atoms with E-state index in [4.69, 9.17) is 14.2 Å². The normalized spacial score (nSPS) is 12.0. The molecule has 0 radical (unpaired) electrons. The van der Waals surface area contributed by atoms with Crippen LogP contribution in [0.1, 0.15) is 266 Å². The number of amides is 2. The van der Waals surface area contributed by atoms with Crippen molar-refractivity contribution in [3.05, 3.63) is 0 Å². The second-order valence-corrected chi connectivity index (χ2v) is 17.0. The van der Waals surface area contributed by atoms with E-state index in [2.05, 4.69) is 38.3 Å². The lowest BCUT2D eigenvalue weighted by molar-refractivity contribution is -0.145. The van der Waals surface area contributed by atoms with Crippen LogP contribution >= 0.6 is 0 Å². The molecule has 8 nitrogen and oxygen atoms in total. The largest absolute Gasteiger partial charge is 0.463 e. The Bertz CT molecular complexity index is 812. The third-order valence-corrected chi connectivity index (χ3v) is 11.1. The maximum Gasteiger partial charge on any atom is 0.407 e. The van der Waals surface area contributed by atoms with Crippen LogP contribution < -0.4 is 10.6 Å². The van der Waals surface area contributed by atoms with Crippen LogP contribution in [-0.4, -0.2) is 57.0 Å². The average molecular weight is 825 g/mol. The third-order valence-electron chi connectivity index (χ3n) is 11.1. The van der Waals surface area contributed by atoms with Crippen LogP contribution in [-0.2, 0) is 23.8 Å². The van der Waals surface area contributed by atoms with Gasteiger partial charge in [0.1, 0.15) is 13.2 Å². The molecule has 0 aliphatic rings. The molecule has 58 heavy (non-hydrogen) atoms. The van der Waals surface area contributed by atoms with Gasteiger partial charge < -0.3 is 24.8 Å². The first-order valence-electron chi connectivity index (χ1n) is 25.3. The minimum atomic E-state index is -0.569. The molecule has 2 N–H and O–H groups in total. The van der Waals surface area contributed by atoms with Gasteiger partial charge in [-0.25, -0.2) is 4.79 Å². The van der Waals surface area contributed by atoms with Crippen LogP contribution in [0.2, 0.25) is 0 Å². The van der Waals surface area contributed by atoms with E-state index in [0.717, 1.165) is 51.6 Å². The van der Waals surface area contributed by atoms with Crippen molar-refractivity contribution in [2.24, 2.45) is 0 Å². The molecule has 2 unspecified atom stereocenters. The van der Waals surface area contributed by atoms with Gasteiger partial charge in [-0.15, -0.1) is 0 Å². The van der Waals surface area contributed by atoms with Gasteiger partial charge in [0.25, 0.3) is 0 Å². The predicted molar refractivity (Wildman–Crippen MR) is 248 cm³/mol. The lowest BCUT2D eigenvalue weighted by Crippen LogP contribution is -2.39. The summed E-state index contributed by atoms with van der Waals surface area (Å²) in [5.41, 5.74) is 0. The van der Waals surface area contributed by atoms with Crippen molar-refractivity contribution in [1.29, 1.82) is 0 Å². The van der Waals surface area contributed by atoms with Crippen LogP contribution in [0.3, 0.4) is 0 Å². The molecule has 0 aromatic carbocycles. The molecule has 2 amide bonds. The number of hydrogen-bond acceptors (Lipinski definition) is 6. The number of nitrogens with one attached hydrogen (secondary N) is 2. The molecule has 0 heterocycles. The fourth-order valence-corrected chi connectivity index (χ4v) is 7.09. The van der Waals surface area contributed by atoms with E-state index in [0.29, 0.717) is 19.4 Å². The smallest absolute Gasteiger partial charge is 0.407 e. The number of hydrogen-bond donors (Lipinski definition) is 2. The number of carbonyl (C=O) groups is 3. The minimum Gasteiger partial charge on any atom is -0.463 e. The molecule has 0 rings (SSSR count). The zero-order valence-corrected chi connectivity index (χ0v) is 39.5. The average Bonchev–Trinajstić information content (AvgIpc) is 3.22. The predicted octanol–water partition coefficient (Wildman–Crippen LogP) is 14.9. The molecule has 346 valence electrons. The van der Waals surface area contributed by atoms with Crippen molar-refractivity contribution in [3.8, 4) is 0 Å². The van der Waals surface area contributed by atoms with Crippen molar-refractivity contribution < 1.29 is 28.6 Å². The van der Waals surface area contributed by atoms with Crippen LogP contribution in [0.5, 0.6) is 0 Å². The zero-order valence-electron chi connectivity index (χ0n) is 39.5. The first-order chi connectivity index (χ1) is 28.4. The summed E-state index contributed by atoms with van der Waals surface area (Å²) >= 11 is 0. The number of unbranched alkanes of at least 4 members (excludes halogenated alkanes) is 30. The Morgan fingerprint density at radius 1 is 0.483 bits per heavy atom. The molecule has 2 atom stereocenters. The summed E-state index contributed by atoms with van der Waals surface area (Å²) in [7, 11) is 0. The lowest BCUT2D eigenvalue weighted by Gasteiger charge is -2.17. The van der Waals surface area contributed by atoms with Gasteiger partial charge in [0.05, 0.1) is 12.1 Å². The van der Waals surface area contributed by atoms with E-state index in [1.165, 1.54) is 180 Å². The lowest BCUT2D eigenvalue weighted by atomic mass is 10.0. The van der Waals surface area contributed by atoms with E-state index in [1.54, 1.807) is 0 Å². The van der Waals surface area contributed by atoms with Crippen molar-refractivity contribution in [2.45, 2.75) is 278 Å². The highest BCUT2D eigenvalue weighted by Gasteiger charge is 2.14. The molecular weight excluding hydrogens is 725 g/mol. The monoisotopic (exact) mass is 825 g/mol. The Kier molecular flexibility index (Phi) is 51.5. The van der Waals surface area contributed by atoms with Gasteiger partial charge in [0.2, 0.25) is 6.41 Å². The van der Waals surface area contributed by atoms with E-state index in [-0.39, 0.29) is 25.3 Å². The Morgan fingerprint density at radius 2 is 0.845 bits per heavy atom. The fourth-order valence-electron chi connectivity index (χ4n) is 7.09. The van der Waals surface area contributed by atoms with Crippen LogP contribution in [0.4, 0.5) is 4.79 Å². The molecule has 0 aromatic heterocycles. The second kappa shape index (κ2) is 51.3. The van der Waals surface area contributed by atoms with Crippen LogP contribution in [0.15, 0.2) is 0 Å². The molecule has 0 aliphatic carbocycles. The zero-order chi connectivity index (χ0) is 42.8. The van der Waals surface area contributed by atoms with Crippen molar-refractivity contribution in [2.75, 3.05) is 26.4 Å². The Balaban J connectivity index is 0. The SMILES string of the molecule is CCCCCCCCCCCCCCCCCC.CCCCCCCCCCCCCCCCCC(=O)OCC(COC(=O)NCCCC(C)OCCCC)NC=O. The highest BCUT2D eigenvalue weighted by atomic mass is 16.6. The number of rotatable bonds is 45. The van der Waals surface area contributed by atoms with Gasteiger partial charge in [0, 0.05) is 19.6 Å². The highest BCUT2D eigenvalue weighted by Crippen LogP contribution is 2.15. The third kappa shape index (κ3) is 50.3. The second-order valence-electron chi connectivity index (χ2n) is 17.0. The molecule has 0 bridgehead atoms. The van der Waals surface area contributed by atoms with E-state index >= 15 is 0 Å². The number of esters is 1. The summed E-state index contributed by atoms with van der Waals surface area (Å²) in [4.78, 5) is 34.9. The quantitative estimate of drug-likeness (QED) is 0.0360. The number of alkyl carbamates (subject to hydrolysis) is 1. The topological polar surface area (TPSA) is 103 Å². The molecule has 8 heteroatoms. The molecule has 0 fully saturated rings. The maximum absolute atomic E-state index is 12.1. The Labute approximate surface area is 361 Å². The number of carbonyl (C=O) groups excluding carboxylic acids is 3. The van der Waals surface area contributed by atoms with E-state index in [1.807, 2.05) is 6.92 Å². The molecular formula is C50H100N2O6. The highest BCUT2D eigenvalue weighted by molar-refractivity contribution is 5.69. The summed E-state index contributed by atoms with van der Waals surface area (Å²) in [5.74, 6) is -0.285. The molecule has 0 saturated carbocycles. The molecule has 0 aromatic rings. The van der Waals surface area contributed by atoms with Gasteiger partial charge in [-0.05, 0) is 32.6 Å². The Hall–Kier alpha value is -1.83. The Morgan fingerprint density at radius 3 is 1.22 bits per heavy atom. The summed E-state index contributed by atoms with van der Waals surface area (Å²) in [6.07, 6.45) is 46.9. The van der Waals surface area contributed by atoms with Crippen molar-refractivity contribution >= 4 is 18.5 Å². The maximum atomic E-state index is 12.1. The van der Waals surface area contributed by atoms with E-state index in [9.17, 15) is 14.4 Å². The number of ether oxygens (including phenoxy) is 3. The molecule has 0 aliphatic heterocycles. The van der Waals surface area contributed by atoms with Gasteiger partial charge in [-0.1, -0.05) is 227 Å². The van der Waals surface area contributed by atoms with Gasteiger partial charge in [-0.2, -0.15) is 0 Å².